The molecule has 3 rings (SSSR count). The van der Waals surface area contributed by atoms with Gasteiger partial charge in [-0.2, -0.15) is 26.3 Å². The maximum absolute atomic E-state index is 14.8. The summed E-state index contributed by atoms with van der Waals surface area (Å²) in [5.41, 5.74) is 3.20. The highest BCUT2D eigenvalue weighted by atomic mass is 32.2. The van der Waals surface area contributed by atoms with Crippen LogP contribution in [0.2, 0.25) is 0 Å². The number of alkyl halides is 6. The first kappa shape index (κ1) is 28.9. The summed E-state index contributed by atoms with van der Waals surface area (Å²) in [6.45, 7) is -2.05. The van der Waals surface area contributed by atoms with Crippen LogP contribution in [-0.2, 0) is 15.5 Å². The van der Waals surface area contributed by atoms with Crippen LogP contribution < -0.4 is 15.8 Å². The number of hydrogen-bond acceptors (Lipinski definition) is 8. The lowest BCUT2D eigenvalue weighted by Crippen LogP contribution is -2.51. The third kappa shape index (κ3) is 6.99. The van der Waals surface area contributed by atoms with Crippen molar-refractivity contribution < 1.29 is 44.5 Å². The van der Waals surface area contributed by atoms with Crippen LogP contribution in [0.15, 0.2) is 39.8 Å². The third-order valence-electron chi connectivity index (χ3n) is 5.00. The molecule has 10 nitrogen and oxygen atoms in total. The molecule has 2 atom stereocenters. The zero-order valence-corrected chi connectivity index (χ0v) is 20.4. The Bertz CT molecular complexity index is 1360. The lowest BCUT2D eigenvalue weighted by Gasteiger charge is -2.36. The Hall–Kier alpha value is -3.70. The number of hydrogen-bond donors (Lipinski definition) is 2. The van der Waals surface area contributed by atoms with Crippen molar-refractivity contribution in [2.45, 2.75) is 24.8 Å². The number of amides is 1. The average Bonchev–Trinajstić information content (AvgIpc) is 2.80. The van der Waals surface area contributed by atoms with Crippen molar-refractivity contribution in [3.63, 3.8) is 0 Å². The number of nitrogens with two attached hydrogens (primary N) is 1. The largest absolute Gasteiger partial charge is 0.483 e. The Morgan fingerprint density at radius 3 is 2.47 bits per heavy atom. The van der Waals surface area contributed by atoms with Gasteiger partial charge in [0.15, 0.2) is 6.61 Å². The topological polar surface area (TPSA) is 135 Å². The number of nitrogens with one attached hydrogen (secondary N) is 1. The van der Waals surface area contributed by atoms with Crippen LogP contribution in [-0.4, -0.2) is 68.7 Å². The molecule has 3 heterocycles. The van der Waals surface area contributed by atoms with Gasteiger partial charge in [-0.05, 0) is 31.2 Å². The Labute approximate surface area is 211 Å². The molecule has 0 saturated heterocycles. The molecule has 208 valence electrons. The zero-order chi connectivity index (χ0) is 28.5. The van der Waals surface area contributed by atoms with E-state index in [0.29, 0.717) is 0 Å². The number of carbonyl (C=O) groups is 1. The highest BCUT2D eigenvalue weighted by Crippen LogP contribution is 2.34. The number of aromatic nitrogens is 2. The molecule has 0 fully saturated rings. The summed E-state index contributed by atoms with van der Waals surface area (Å²) in [4.78, 5) is 24.3. The Balaban J connectivity index is 1.86. The number of rotatable bonds is 6. The van der Waals surface area contributed by atoms with Crippen molar-refractivity contribution in [1.82, 2.24) is 14.3 Å². The minimum Gasteiger partial charge on any atom is -0.483 e. The van der Waals surface area contributed by atoms with E-state index in [1.165, 1.54) is 6.92 Å². The third-order valence-corrected chi connectivity index (χ3v) is 7.51. The molecule has 0 radical (unpaired) electrons. The second-order valence-electron chi connectivity index (χ2n) is 8.16. The monoisotopic (exact) mass is 571 g/mol. The molecule has 1 amide bonds. The highest BCUT2D eigenvalue weighted by Gasteiger charge is 2.43. The van der Waals surface area contributed by atoms with Crippen LogP contribution >= 0.6 is 0 Å². The summed E-state index contributed by atoms with van der Waals surface area (Å²) < 4.78 is 112. The Kier molecular flexibility index (Phi) is 7.76. The SMILES string of the molecule is CN1C(N)=N[C@](C)(c2nc(NC(=O)c3ccc(OCC(F)(F)F)cn3)ccc2F)CS1(=O)=NCC(F)(F)F. The fourth-order valence-electron chi connectivity index (χ4n) is 3.23. The fraction of sp³-hybridized carbons (Fsp3) is 0.400. The molecular formula is C20H20F7N7O3S. The maximum Gasteiger partial charge on any atom is 0.422 e. The molecule has 1 aliphatic rings. The maximum atomic E-state index is 14.8. The van der Waals surface area contributed by atoms with Gasteiger partial charge >= 0.3 is 12.4 Å². The zero-order valence-electron chi connectivity index (χ0n) is 19.6. The number of pyridine rings is 2. The summed E-state index contributed by atoms with van der Waals surface area (Å²) in [5.74, 6) is -3.51. The number of anilines is 1. The number of ether oxygens (including phenoxy) is 1. The molecule has 2 aromatic heterocycles. The van der Waals surface area contributed by atoms with E-state index < -0.39 is 70.1 Å². The minimum absolute atomic E-state index is 0.238. The van der Waals surface area contributed by atoms with Gasteiger partial charge in [-0.3, -0.25) is 9.10 Å². The standard InChI is InChI=1S/C20H20F7N7O3S/c1-18(10-38(36,30-8-19(22,23)24)34(2)17(28)33-18)15-12(21)4-6-14(31-15)32-16(35)13-5-3-11(7-29-13)37-9-20(25,26)27/h3-7H,8-10H2,1-2H3,(H2,28,33)(H,31,32,35)/t18-,38?/m0/s1. The molecule has 18 heteroatoms. The molecule has 0 spiro atoms. The van der Waals surface area contributed by atoms with Gasteiger partial charge in [0.05, 0.1) is 11.9 Å². The van der Waals surface area contributed by atoms with Crippen molar-refractivity contribution in [2.24, 2.45) is 15.1 Å². The van der Waals surface area contributed by atoms with Gasteiger partial charge in [0, 0.05) is 7.05 Å². The molecule has 0 aromatic carbocycles. The van der Waals surface area contributed by atoms with E-state index in [0.717, 1.165) is 41.8 Å². The van der Waals surface area contributed by atoms with Crippen LogP contribution in [0.25, 0.3) is 0 Å². The second kappa shape index (κ2) is 10.2. The highest BCUT2D eigenvalue weighted by molar-refractivity contribution is 7.92. The predicted molar refractivity (Wildman–Crippen MR) is 121 cm³/mol. The molecule has 1 unspecified atom stereocenters. The molecular weight excluding hydrogens is 551 g/mol. The number of guanidine groups is 1. The first-order valence-corrected chi connectivity index (χ1v) is 12.1. The van der Waals surface area contributed by atoms with Crippen molar-refractivity contribution in [3.8, 4) is 5.75 Å². The van der Waals surface area contributed by atoms with Crippen LogP contribution in [0.1, 0.15) is 23.1 Å². The van der Waals surface area contributed by atoms with Gasteiger partial charge < -0.3 is 15.8 Å². The van der Waals surface area contributed by atoms with Gasteiger partial charge in [-0.1, -0.05) is 0 Å². The Morgan fingerprint density at radius 2 is 1.89 bits per heavy atom. The predicted octanol–water partition coefficient (Wildman–Crippen LogP) is 3.23. The van der Waals surface area contributed by atoms with Gasteiger partial charge in [-0.25, -0.2) is 27.9 Å². The van der Waals surface area contributed by atoms with Gasteiger partial charge in [-0.15, -0.1) is 0 Å². The number of nitrogens with zero attached hydrogens (tertiary/aromatic N) is 5. The van der Waals surface area contributed by atoms with Crippen LogP contribution in [0, 0.1) is 5.82 Å². The van der Waals surface area contributed by atoms with Crippen molar-refractivity contribution in [2.75, 3.05) is 31.3 Å². The first-order chi connectivity index (χ1) is 17.4. The number of carbonyl (C=O) groups excluding carboxylic acids is 1. The first-order valence-electron chi connectivity index (χ1n) is 10.4. The van der Waals surface area contributed by atoms with E-state index in [9.17, 15) is 39.7 Å². The smallest absolute Gasteiger partial charge is 0.422 e. The normalized spacial score (nSPS) is 22.0. The second-order valence-corrected chi connectivity index (χ2v) is 10.5. The molecule has 2 aromatic rings. The molecule has 0 bridgehead atoms. The molecule has 38 heavy (non-hydrogen) atoms. The quantitative estimate of drug-likeness (QED) is 0.512. The summed E-state index contributed by atoms with van der Waals surface area (Å²) in [5, 5.41) is 2.31. The summed E-state index contributed by atoms with van der Waals surface area (Å²) in [6.07, 6.45) is -8.43. The summed E-state index contributed by atoms with van der Waals surface area (Å²) >= 11 is 0. The average molecular weight is 571 g/mol. The summed E-state index contributed by atoms with van der Waals surface area (Å²) in [7, 11) is -2.69. The Morgan fingerprint density at radius 1 is 1.21 bits per heavy atom. The van der Waals surface area contributed by atoms with E-state index in [1.54, 1.807) is 0 Å². The molecule has 1 aliphatic heterocycles. The molecule has 0 saturated carbocycles. The molecule has 3 N–H and O–H groups in total. The van der Waals surface area contributed by atoms with E-state index in [4.69, 9.17) is 5.73 Å². The minimum atomic E-state index is -4.75. The van der Waals surface area contributed by atoms with Crippen molar-refractivity contribution >= 4 is 27.6 Å². The van der Waals surface area contributed by atoms with E-state index >= 15 is 0 Å². The van der Waals surface area contributed by atoms with E-state index in [-0.39, 0.29) is 17.3 Å². The molecule has 0 aliphatic carbocycles. The van der Waals surface area contributed by atoms with Crippen LogP contribution in [0.3, 0.4) is 0 Å². The summed E-state index contributed by atoms with van der Waals surface area (Å²) in [6, 6.07) is 4.11. The lowest BCUT2D eigenvalue weighted by molar-refractivity contribution is -0.153. The number of halogens is 7. The van der Waals surface area contributed by atoms with E-state index in [1.807, 2.05) is 0 Å². The van der Waals surface area contributed by atoms with Crippen molar-refractivity contribution in [1.29, 1.82) is 0 Å². The fourth-order valence-corrected chi connectivity index (χ4v) is 5.30. The van der Waals surface area contributed by atoms with Gasteiger partial charge in [0.2, 0.25) is 5.96 Å². The van der Waals surface area contributed by atoms with Crippen LogP contribution in [0.5, 0.6) is 5.75 Å². The van der Waals surface area contributed by atoms with Gasteiger partial charge in [0.25, 0.3) is 5.91 Å². The lowest BCUT2D eigenvalue weighted by atomic mass is 10.00. The number of aliphatic imine (C=N–C) groups is 1. The van der Waals surface area contributed by atoms with E-state index in [2.05, 4.69) is 29.4 Å². The van der Waals surface area contributed by atoms with Crippen molar-refractivity contribution in [3.05, 3.63) is 47.7 Å². The van der Waals surface area contributed by atoms with Gasteiger partial charge in [0.1, 0.15) is 50.8 Å². The van der Waals surface area contributed by atoms with Crippen LogP contribution in [0.4, 0.5) is 36.6 Å².